The number of hydrogen-bond donors (Lipinski definition) is 2. The summed E-state index contributed by atoms with van der Waals surface area (Å²) in [6.45, 7) is 3.95. The van der Waals surface area contributed by atoms with E-state index in [2.05, 4.69) is 38.5 Å². The van der Waals surface area contributed by atoms with Gasteiger partial charge in [-0.1, -0.05) is 48.0 Å². The van der Waals surface area contributed by atoms with Gasteiger partial charge in [-0.05, 0) is 43.0 Å². The van der Waals surface area contributed by atoms with Gasteiger partial charge >= 0.3 is 5.97 Å². The van der Waals surface area contributed by atoms with Gasteiger partial charge in [-0.25, -0.2) is 9.50 Å². The number of nitrogens with zero attached hydrogens (tertiary/aromatic N) is 4. The zero-order chi connectivity index (χ0) is 27.8. The molecule has 0 atom stereocenters. The number of hydrogen-bond acceptors (Lipinski definition) is 6. The lowest BCUT2D eigenvalue weighted by atomic mass is 10.00. The van der Waals surface area contributed by atoms with E-state index in [0.717, 1.165) is 24.1 Å². The van der Waals surface area contributed by atoms with Crippen molar-refractivity contribution in [3.8, 4) is 17.0 Å². The number of carbonyl (C=O) groups excluding carboxylic acids is 1. The summed E-state index contributed by atoms with van der Waals surface area (Å²) >= 11 is 7.11. The van der Waals surface area contributed by atoms with Gasteiger partial charge in [-0.3, -0.25) is 9.59 Å². The minimum Gasteiger partial charge on any atom is -0.490 e. The van der Waals surface area contributed by atoms with E-state index in [1.165, 1.54) is 10.1 Å². The summed E-state index contributed by atoms with van der Waals surface area (Å²) in [5, 5.41) is 17.8. The average Bonchev–Trinajstić information content (AvgIpc) is 3.36. The lowest BCUT2D eigenvalue weighted by Crippen LogP contribution is -2.33. The summed E-state index contributed by atoms with van der Waals surface area (Å²) < 4.78 is 7.47. The molecule has 0 saturated heterocycles. The molecule has 10 heteroatoms. The van der Waals surface area contributed by atoms with Gasteiger partial charge in [0, 0.05) is 36.0 Å². The summed E-state index contributed by atoms with van der Waals surface area (Å²) in [6, 6.07) is 13.4. The molecule has 2 aromatic heterocycles. The molecule has 2 aromatic carbocycles. The molecule has 40 heavy (non-hydrogen) atoms. The number of benzene rings is 2. The van der Waals surface area contributed by atoms with Crippen LogP contribution in [-0.4, -0.2) is 51.3 Å². The van der Waals surface area contributed by atoms with Crippen molar-refractivity contribution < 1.29 is 19.4 Å². The average molecular weight is 558 g/mol. The normalized spacial score (nSPS) is 16.1. The van der Waals surface area contributed by atoms with Gasteiger partial charge in [0.1, 0.15) is 12.4 Å². The van der Waals surface area contributed by atoms with Crippen LogP contribution in [0.15, 0.2) is 54.6 Å². The molecular weight excluding hydrogens is 530 g/mol. The lowest BCUT2D eigenvalue weighted by Gasteiger charge is -2.32. The third kappa shape index (κ3) is 4.77. The highest BCUT2D eigenvalue weighted by atomic mass is 35.5. The highest BCUT2D eigenvalue weighted by Gasteiger charge is 2.27. The van der Waals surface area contributed by atoms with Crippen LogP contribution >= 0.6 is 11.6 Å². The van der Waals surface area contributed by atoms with Gasteiger partial charge < -0.3 is 20.1 Å². The molecule has 2 N–H and O–H groups in total. The monoisotopic (exact) mass is 557 g/mol. The number of aryl methyl sites for hydroxylation is 2. The number of aromatic nitrogens is 3. The molecule has 0 aliphatic carbocycles. The first-order valence-corrected chi connectivity index (χ1v) is 13.6. The molecule has 0 saturated carbocycles. The van der Waals surface area contributed by atoms with Crippen molar-refractivity contribution in [2.45, 2.75) is 32.7 Å². The number of aliphatic carboxylic acids is 1. The van der Waals surface area contributed by atoms with Crippen molar-refractivity contribution in [2.24, 2.45) is 0 Å². The molecule has 4 aromatic rings. The minimum atomic E-state index is -1.01. The van der Waals surface area contributed by atoms with Crippen LogP contribution in [0, 0.1) is 6.92 Å². The Morgan fingerprint density at radius 2 is 2.00 bits per heavy atom. The SMILES string of the molecule is Cc1nc2cc3nn2c(c1CC(=O)O)-c1ccc2c(c1Cl)N(C/C=C\CCc1ccccc1CNC3=O)CCO2. The summed E-state index contributed by atoms with van der Waals surface area (Å²) in [6.07, 6.45) is 5.72. The van der Waals surface area contributed by atoms with Gasteiger partial charge in [0.15, 0.2) is 11.3 Å². The Kier molecular flexibility index (Phi) is 6.89. The summed E-state index contributed by atoms with van der Waals surface area (Å²) in [7, 11) is 0. The number of amides is 1. The fourth-order valence-corrected chi connectivity index (χ4v) is 5.77. The van der Waals surface area contributed by atoms with E-state index in [9.17, 15) is 14.7 Å². The standard InChI is InChI=1S/C30H28ClN5O4/c1-18-22(15-26(37)38)28-21-10-11-24-29(27(21)31)35(13-14-40-24)12-6-2-3-7-19-8-4-5-9-20(19)17-32-30(39)23-16-25(33-18)36(28)34-23/h2,4-6,8-11,16H,3,7,12-15,17H2,1H3,(H,32,39)(H,37,38)/b6-2-. The number of anilines is 1. The highest BCUT2D eigenvalue weighted by Crippen LogP contribution is 2.45. The van der Waals surface area contributed by atoms with Crippen LogP contribution in [0.4, 0.5) is 5.69 Å². The molecule has 4 bridgehead atoms. The lowest BCUT2D eigenvalue weighted by molar-refractivity contribution is -0.136. The smallest absolute Gasteiger partial charge is 0.307 e. The van der Waals surface area contributed by atoms with Crippen LogP contribution in [0.1, 0.15) is 39.3 Å². The topological polar surface area (TPSA) is 109 Å². The van der Waals surface area contributed by atoms with Crippen LogP contribution in [0.5, 0.6) is 5.75 Å². The third-order valence-electron chi connectivity index (χ3n) is 7.37. The Hall–Kier alpha value is -4.37. The molecule has 0 fully saturated rings. The van der Waals surface area contributed by atoms with Gasteiger partial charge in [0.05, 0.1) is 29.4 Å². The molecule has 9 nitrogen and oxygen atoms in total. The number of ether oxygens (including phenoxy) is 1. The first-order chi connectivity index (χ1) is 19.4. The molecule has 0 unspecified atom stereocenters. The molecule has 204 valence electrons. The summed E-state index contributed by atoms with van der Waals surface area (Å²) in [4.78, 5) is 31.9. The fourth-order valence-electron chi connectivity index (χ4n) is 5.40. The zero-order valence-electron chi connectivity index (χ0n) is 22.0. The van der Waals surface area contributed by atoms with Gasteiger partial charge in [-0.2, -0.15) is 5.10 Å². The number of carboxylic acid groups (broad SMARTS) is 1. The summed E-state index contributed by atoms with van der Waals surface area (Å²) in [5.41, 5.74) is 5.66. The number of carbonyl (C=O) groups is 2. The van der Waals surface area contributed by atoms with Gasteiger partial charge in [0.25, 0.3) is 5.91 Å². The maximum Gasteiger partial charge on any atom is 0.307 e. The van der Waals surface area contributed by atoms with Crippen molar-refractivity contribution in [2.75, 3.05) is 24.6 Å². The number of rotatable bonds is 2. The Morgan fingerprint density at radius 3 is 2.83 bits per heavy atom. The van der Waals surface area contributed by atoms with Crippen LogP contribution in [0.3, 0.4) is 0 Å². The first kappa shape index (κ1) is 25.9. The van der Waals surface area contributed by atoms with Crippen LogP contribution in [0.25, 0.3) is 16.9 Å². The third-order valence-corrected chi connectivity index (χ3v) is 7.75. The zero-order valence-corrected chi connectivity index (χ0v) is 22.7. The van der Waals surface area contributed by atoms with E-state index >= 15 is 0 Å². The maximum atomic E-state index is 13.2. The predicted molar refractivity (Wildman–Crippen MR) is 152 cm³/mol. The number of nitrogens with one attached hydrogen (secondary N) is 1. The van der Waals surface area contributed by atoms with E-state index in [4.69, 9.17) is 16.3 Å². The van der Waals surface area contributed by atoms with Gasteiger partial charge in [-0.15, -0.1) is 0 Å². The van der Waals surface area contributed by atoms with Crippen molar-refractivity contribution in [1.82, 2.24) is 19.9 Å². The fraction of sp³-hybridized carbons (Fsp3) is 0.267. The maximum absolute atomic E-state index is 13.2. The van der Waals surface area contributed by atoms with Crippen molar-refractivity contribution in [3.05, 3.63) is 87.7 Å². The quantitative estimate of drug-likeness (QED) is 0.346. The highest BCUT2D eigenvalue weighted by molar-refractivity contribution is 6.36. The molecule has 0 radical (unpaired) electrons. The number of fused-ring (bicyclic) bond motifs is 4. The van der Waals surface area contributed by atoms with Gasteiger partial charge in [0.2, 0.25) is 0 Å². The second kappa shape index (κ2) is 10.7. The Morgan fingerprint density at radius 1 is 1.18 bits per heavy atom. The summed E-state index contributed by atoms with van der Waals surface area (Å²) in [5.74, 6) is -0.687. The molecule has 4 heterocycles. The molecule has 2 aliphatic heterocycles. The Balaban J connectivity index is 1.56. The number of allylic oxidation sites excluding steroid dienone is 1. The number of carboxylic acids is 1. The minimum absolute atomic E-state index is 0.182. The van der Waals surface area contributed by atoms with Crippen LogP contribution in [-0.2, 0) is 24.2 Å². The predicted octanol–water partition coefficient (Wildman–Crippen LogP) is 4.62. The second-order valence-electron chi connectivity index (χ2n) is 9.92. The molecule has 6 rings (SSSR count). The van der Waals surface area contributed by atoms with E-state index < -0.39 is 5.97 Å². The Labute approximate surface area is 236 Å². The molecule has 2 aliphatic rings. The van der Waals surface area contributed by atoms with Crippen LogP contribution < -0.4 is 15.0 Å². The van der Waals surface area contributed by atoms with E-state index in [1.807, 2.05) is 30.3 Å². The van der Waals surface area contributed by atoms with E-state index in [0.29, 0.717) is 65.2 Å². The first-order valence-electron chi connectivity index (χ1n) is 13.2. The van der Waals surface area contributed by atoms with E-state index in [1.54, 1.807) is 13.0 Å². The van der Waals surface area contributed by atoms with Crippen molar-refractivity contribution in [3.63, 3.8) is 0 Å². The van der Waals surface area contributed by atoms with Crippen molar-refractivity contribution >= 4 is 34.8 Å². The Bertz CT molecular complexity index is 1680. The second-order valence-corrected chi connectivity index (χ2v) is 10.3. The molecule has 0 spiro atoms. The molecule has 1 amide bonds. The van der Waals surface area contributed by atoms with E-state index in [-0.39, 0.29) is 18.0 Å². The van der Waals surface area contributed by atoms with Crippen molar-refractivity contribution in [1.29, 1.82) is 0 Å². The number of halogens is 1. The largest absolute Gasteiger partial charge is 0.490 e. The van der Waals surface area contributed by atoms with Crippen LogP contribution in [0.2, 0.25) is 5.02 Å². The molecular formula is C30H28ClN5O4.